The van der Waals surface area contributed by atoms with E-state index in [1.54, 1.807) is 39.4 Å². The van der Waals surface area contributed by atoms with E-state index < -0.39 is 10.0 Å². The van der Waals surface area contributed by atoms with Gasteiger partial charge in [-0.15, -0.1) is 0 Å². The number of aromatic nitrogens is 1. The molecule has 1 amide bonds. The van der Waals surface area contributed by atoms with Crippen molar-refractivity contribution in [1.82, 2.24) is 14.2 Å². The van der Waals surface area contributed by atoms with Crippen molar-refractivity contribution in [3.05, 3.63) is 58.9 Å². The molecule has 0 atom stereocenters. The van der Waals surface area contributed by atoms with Crippen LogP contribution in [0, 0.1) is 0 Å². The molecule has 0 fully saturated rings. The van der Waals surface area contributed by atoms with Crippen molar-refractivity contribution >= 4 is 27.5 Å². The van der Waals surface area contributed by atoms with E-state index in [1.165, 1.54) is 27.4 Å². The summed E-state index contributed by atoms with van der Waals surface area (Å²) in [5.41, 5.74) is 1.03. The molecule has 0 bridgehead atoms. The van der Waals surface area contributed by atoms with Crippen LogP contribution < -0.4 is 0 Å². The number of sulfonamides is 1. The highest BCUT2D eigenvalue weighted by Crippen LogP contribution is 2.24. The lowest BCUT2D eigenvalue weighted by molar-refractivity contribution is 0.0785. The summed E-state index contributed by atoms with van der Waals surface area (Å²) in [7, 11) is -2.03. The lowest BCUT2D eigenvalue weighted by Gasteiger charge is -2.21. The van der Waals surface area contributed by atoms with E-state index in [9.17, 15) is 13.2 Å². The van der Waals surface area contributed by atoms with E-state index in [0.29, 0.717) is 19.6 Å². The van der Waals surface area contributed by atoms with Gasteiger partial charge >= 0.3 is 0 Å². The van der Waals surface area contributed by atoms with Gasteiger partial charge in [0.2, 0.25) is 10.0 Å². The minimum absolute atomic E-state index is 0.0590. The maximum absolute atomic E-state index is 12.8. The Morgan fingerprint density at radius 1 is 1.19 bits per heavy atom. The summed E-state index contributed by atoms with van der Waals surface area (Å²) in [5, 5.41) is 0.214. The Hall–Kier alpha value is -1.96. The summed E-state index contributed by atoms with van der Waals surface area (Å²) in [4.78, 5) is 18.3. The predicted octanol–water partition coefficient (Wildman–Crippen LogP) is 3.04. The van der Waals surface area contributed by atoms with E-state index in [1.807, 2.05) is 6.07 Å². The maximum Gasteiger partial charge on any atom is 0.255 e. The third-order valence-electron chi connectivity index (χ3n) is 4.00. The van der Waals surface area contributed by atoms with Crippen LogP contribution in [0.4, 0.5) is 0 Å². The van der Waals surface area contributed by atoms with Gasteiger partial charge in [0.25, 0.3) is 5.91 Å². The molecule has 0 saturated carbocycles. The summed E-state index contributed by atoms with van der Waals surface area (Å²) in [6.07, 6.45) is 3.33. The highest BCUT2D eigenvalue weighted by molar-refractivity contribution is 7.89. The summed E-state index contributed by atoms with van der Waals surface area (Å²) in [6, 6.07) is 7.87. The predicted molar refractivity (Wildman–Crippen MR) is 102 cm³/mol. The molecular formula is C18H22ClN3O3S. The zero-order valence-corrected chi connectivity index (χ0v) is 16.6. The SMILES string of the molecule is CCN(CC)S(=O)(=O)c1ccc(Cl)c(C(=O)N(C)Cc2cccnc2)c1. The van der Waals surface area contributed by atoms with Gasteiger partial charge in [-0.25, -0.2) is 8.42 Å². The molecule has 0 spiro atoms. The Morgan fingerprint density at radius 3 is 2.46 bits per heavy atom. The van der Waals surface area contributed by atoms with Crippen molar-refractivity contribution in [2.24, 2.45) is 0 Å². The number of carbonyl (C=O) groups is 1. The van der Waals surface area contributed by atoms with Gasteiger partial charge in [0, 0.05) is 39.1 Å². The van der Waals surface area contributed by atoms with Crippen LogP contribution in [0.1, 0.15) is 29.8 Å². The number of benzene rings is 1. The molecule has 0 radical (unpaired) electrons. The molecule has 26 heavy (non-hydrogen) atoms. The van der Waals surface area contributed by atoms with Gasteiger partial charge in [-0.1, -0.05) is 31.5 Å². The van der Waals surface area contributed by atoms with Crippen molar-refractivity contribution in [2.75, 3.05) is 20.1 Å². The average molecular weight is 396 g/mol. The summed E-state index contributed by atoms with van der Waals surface area (Å²) >= 11 is 6.17. The smallest absolute Gasteiger partial charge is 0.255 e. The minimum Gasteiger partial charge on any atom is -0.337 e. The highest BCUT2D eigenvalue weighted by atomic mass is 35.5. The van der Waals surface area contributed by atoms with E-state index in [4.69, 9.17) is 11.6 Å². The van der Waals surface area contributed by atoms with E-state index in [0.717, 1.165) is 5.56 Å². The molecule has 1 aromatic carbocycles. The summed E-state index contributed by atoms with van der Waals surface area (Å²) < 4.78 is 26.7. The fourth-order valence-corrected chi connectivity index (χ4v) is 4.27. The van der Waals surface area contributed by atoms with Gasteiger partial charge in [-0.05, 0) is 29.8 Å². The van der Waals surface area contributed by atoms with Crippen molar-refractivity contribution in [2.45, 2.75) is 25.3 Å². The molecule has 0 aliphatic rings. The van der Waals surface area contributed by atoms with Crippen molar-refractivity contribution < 1.29 is 13.2 Å². The number of pyridine rings is 1. The Bertz CT molecular complexity index is 869. The van der Waals surface area contributed by atoms with E-state index in [-0.39, 0.29) is 21.4 Å². The quantitative estimate of drug-likeness (QED) is 0.722. The molecule has 1 aromatic heterocycles. The first kappa shape index (κ1) is 20.4. The summed E-state index contributed by atoms with van der Waals surface area (Å²) in [6.45, 7) is 4.59. The van der Waals surface area contributed by atoms with Crippen LogP contribution in [-0.2, 0) is 16.6 Å². The second kappa shape index (κ2) is 8.62. The number of nitrogens with zero attached hydrogens (tertiary/aromatic N) is 3. The third-order valence-corrected chi connectivity index (χ3v) is 6.38. The first-order valence-corrected chi connectivity index (χ1v) is 10.1. The fourth-order valence-electron chi connectivity index (χ4n) is 2.58. The molecule has 2 rings (SSSR count). The Balaban J connectivity index is 2.33. The zero-order valence-electron chi connectivity index (χ0n) is 15.0. The monoisotopic (exact) mass is 395 g/mol. The molecule has 0 saturated heterocycles. The van der Waals surface area contributed by atoms with E-state index >= 15 is 0 Å². The second-order valence-electron chi connectivity index (χ2n) is 5.75. The third kappa shape index (κ3) is 4.41. The van der Waals surface area contributed by atoms with Crippen LogP contribution in [0.5, 0.6) is 0 Å². The number of carbonyl (C=O) groups excluding carboxylic acids is 1. The molecule has 0 unspecified atom stereocenters. The maximum atomic E-state index is 12.8. The fraction of sp³-hybridized carbons (Fsp3) is 0.333. The van der Waals surface area contributed by atoms with Gasteiger partial charge in [-0.3, -0.25) is 9.78 Å². The average Bonchev–Trinajstić information content (AvgIpc) is 2.63. The van der Waals surface area contributed by atoms with Crippen molar-refractivity contribution in [3.63, 3.8) is 0 Å². The number of amides is 1. The van der Waals surface area contributed by atoms with Crippen molar-refractivity contribution in [3.8, 4) is 0 Å². The molecule has 0 aliphatic heterocycles. The largest absolute Gasteiger partial charge is 0.337 e. The van der Waals surface area contributed by atoms with Crippen LogP contribution in [-0.4, -0.2) is 48.7 Å². The number of hydrogen-bond donors (Lipinski definition) is 0. The molecule has 2 aromatic rings. The van der Waals surface area contributed by atoms with Crippen LogP contribution in [0.2, 0.25) is 5.02 Å². The molecule has 8 heteroatoms. The lowest BCUT2D eigenvalue weighted by Crippen LogP contribution is -2.31. The van der Waals surface area contributed by atoms with Crippen LogP contribution >= 0.6 is 11.6 Å². The second-order valence-corrected chi connectivity index (χ2v) is 8.10. The molecule has 6 nitrogen and oxygen atoms in total. The van der Waals surface area contributed by atoms with Crippen molar-refractivity contribution in [1.29, 1.82) is 0 Å². The summed E-state index contributed by atoms with van der Waals surface area (Å²) in [5.74, 6) is -0.351. The molecule has 140 valence electrons. The lowest BCUT2D eigenvalue weighted by atomic mass is 10.2. The standard InChI is InChI=1S/C18H22ClN3O3S/c1-4-22(5-2)26(24,25)15-8-9-17(19)16(11-15)18(23)21(3)13-14-7-6-10-20-12-14/h6-12H,4-5,13H2,1-3H3. The molecular weight excluding hydrogens is 374 g/mol. The first-order chi connectivity index (χ1) is 12.3. The molecule has 0 N–H and O–H groups in total. The normalized spacial score (nSPS) is 11.6. The highest BCUT2D eigenvalue weighted by Gasteiger charge is 2.24. The number of rotatable bonds is 7. The van der Waals surface area contributed by atoms with Gasteiger partial charge in [0.15, 0.2) is 0 Å². The Kier molecular flexibility index (Phi) is 6.75. The zero-order chi connectivity index (χ0) is 19.3. The van der Waals surface area contributed by atoms with Gasteiger partial charge in [-0.2, -0.15) is 4.31 Å². The Labute approximate surface area is 159 Å². The minimum atomic E-state index is -3.66. The molecule has 0 aliphatic carbocycles. The van der Waals surface area contributed by atoms with Gasteiger partial charge < -0.3 is 4.90 Å². The molecule has 1 heterocycles. The van der Waals surface area contributed by atoms with Crippen LogP contribution in [0.15, 0.2) is 47.6 Å². The van der Waals surface area contributed by atoms with E-state index in [2.05, 4.69) is 4.98 Å². The number of hydrogen-bond acceptors (Lipinski definition) is 4. The number of halogens is 1. The first-order valence-electron chi connectivity index (χ1n) is 8.25. The Morgan fingerprint density at radius 2 is 1.88 bits per heavy atom. The van der Waals surface area contributed by atoms with Crippen LogP contribution in [0.3, 0.4) is 0 Å². The van der Waals surface area contributed by atoms with Gasteiger partial charge in [0.1, 0.15) is 0 Å². The van der Waals surface area contributed by atoms with Crippen LogP contribution in [0.25, 0.3) is 0 Å². The van der Waals surface area contributed by atoms with Gasteiger partial charge in [0.05, 0.1) is 15.5 Å². The topological polar surface area (TPSA) is 70.6 Å².